The quantitative estimate of drug-likeness (QED) is 0.390. The minimum atomic E-state index is -0.0475. The summed E-state index contributed by atoms with van der Waals surface area (Å²) in [6.07, 6.45) is 2.31. The first-order chi connectivity index (χ1) is 11.4. The normalized spacial score (nSPS) is 12.8. The van der Waals surface area contributed by atoms with E-state index < -0.39 is 0 Å². The molecule has 0 fully saturated rings. The van der Waals surface area contributed by atoms with E-state index in [9.17, 15) is 4.79 Å². The van der Waals surface area contributed by atoms with Crippen molar-refractivity contribution in [3.05, 3.63) is 35.4 Å². The van der Waals surface area contributed by atoms with Gasteiger partial charge in [0.25, 0.3) is 5.91 Å². The molecule has 0 saturated heterocycles. The summed E-state index contributed by atoms with van der Waals surface area (Å²) < 4.78 is 0. The molecular formula is C19H32N4O. The highest BCUT2D eigenvalue weighted by Crippen LogP contribution is 2.06. The Hall–Kier alpha value is -2.04. The molecule has 1 amide bonds. The lowest BCUT2D eigenvalue weighted by atomic mass is 10.0. The first-order valence-corrected chi connectivity index (χ1v) is 8.74. The van der Waals surface area contributed by atoms with Crippen molar-refractivity contribution in [2.45, 2.75) is 46.6 Å². The molecule has 1 rings (SSSR count). The second-order valence-corrected chi connectivity index (χ2v) is 6.64. The van der Waals surface area contributed by atoms with Gasteiger partial charge in [0.2, 0.25) is 0 Å². The van der Waals surface area contributed by atoms with Crippen LogP contribution in [0.1, 0.15) is 49.5 Å². The Morgan fingerprint density at radius 3 is 2.46 bits per heavy atom. The molecule has 1 unspecified atom stereocenters. The molecule has 1 atom stereocenters. The van der Waals surface area contributed by atoms with Gasteiger partial charge in [-0.15, -0.1) is 0 Å². The number of hydrogen-bond donors (Lipinski definition) is 3. The Labute approximate surface area is 146 Å². The first kappa shape index (κ1) is 20.0. The number of nitrogens with one attached hydrogen (secondary N) is 3. The summed E-state index contributed by atoms with van der Waals surface area (Å²) in [5.41, 5.74) is 1.78. The van der Waals surface area contributed by atoms with Crippen molar-refractivity contribution >= 4 is 11.9 Å². The van der Waals surface area contributed by atoms with Crippen molar-refractivity contribution in [3.8, 4) is 0 Å². The summed E-state index contributed by atoms with van der Waals surface area (Å²) in [4.78, 5) is 16.3. The molecule has 0 radical (unpaired) electrons. The van der Waals surface area contributed by atoms with Crippen LogP contribution in [-0.2, 0) is 0 Å². The minimum Gasteiger partial charge on any atom is -0.355 e. The zero-order valence-corrected chi connectivity index (χ0v) is 15.6. The molecule has 0 aliphatic carbocycles. The molecule has 3 N–H and O–H groups in total. The summed E-state index contributed by atoms with van der Waals surface area (Å²) in [6.45, 7) is 9.79. The highest BCUT2D eigenvalue weighted by molar-refractivity contribution is 5.94. The summed E-state index contributed by atoms with van der Waals surface area (Å²) in [5, 5.41) is 9.52. The molecule has 1 aromatic carbocycles. The molecular weight excluding hydrogens is 300 g/mol. The van der Waals surface area contributed by atoms with E-state index in [-0.39, 0.29) is 5.91 Å². The number of amides is 1. The Bertz CT molecular complexity index is 540. The maximum atomic E-state index is 12.1. The molecule has 0 saturated carbocycles. The molecule has 0 aromatic heterocycles. The van der Waals surface area contributed by atoms with Crippen LogP contribution in [0, 0.1) is 12.8 Å². The third kappa shape index (κ3) is 7.99. The predicted molar refractivity (Wildman–Crippen MR) is 102 cm³/mol. The topological polar surface area (TPSA) is 65.5 Å². The van der Waals surface area contributed by atoms with E-state index in [4.69, 9.17) is 0 Å². The third-order valence-electron chi connectivity index (χ3n) is 3.77. The number of guanidine groups is 1. The van der Waals surface area contributed by atoms with Gasteiger partial charge < -0.3 is 16.0 Å². The standard InChI is InChI=1S/C19H32N4O/c1-14(2)9-10-16(4)23-19(20-5)22-12-11-21-18(24)17-8-6-7-15(3)13-17/h6-8,13-14,16H,9-12H2,1-5H3,(H,21,24)(H2,20,22,23). The maximum absolute atomic E-state index is 12.1. The molecule has 0 aliphatic heterocycles. The summed E-state index contributed by atoms with van der Waals surface area (Å²) >= 11 is 0. The number of hydrogen-bond acceptors (Lipinski definition) is 2. The van der Waals surface area contributed by atoms with E-state index in [1.54, 1.807) is 7.05 Å². The van der Waals surface area contributed by atoms with Gasteiger partial charge in [0.15, 0.2) is 5.96 Å². The van der Waals surface area contributed by atoms with Crippen LogP contribution in [0.4, 0.5) is 0 Å². The van der Waals surface area contributed by atoms with Crippen LogP contribution in [0.25, 0.3) is 0 Å². The number of nitrogens with zero attached hydrogens (tertiary/aromatic N) is 1. The van der Waals surface area contributed by atoms with E-state index in [1.165, 1.54) is 6.42 Å². The van der Waals surface area contributed by atoms with Crippen molar-refractivity contribution in [2.75, 3.05) is 20.1 Å². The largest absolute Gasteiger partial charge is 0.355 e. The van der Waals surface area contributed by atoms with E-state index in [0.29, 0.717) is 30.6 Å². The monoisotopic (exact) mass is 332 g/mol. The average molecular weight is 332 g/mol. The number of carbonyl (C=O) groups is 1. The van der Waals surface area contributed by atoms with Crippen molar-refractivity contribution in [2.24, 2.45) is 10.9 Å². The van der Waals surface area contributed by atoms with E-state index in [1.807, 2.05) is 31.2 Å². The molecule has 0 heterocycles. The predicted octanol–water partition coefficient (Wildman–Crippen LogP) is 2.71. The van der Waals surface area contributed by atoms with Crippen LogP contribution >= 0.6 is 0 Å². The van der Waals surface area contributed by atoms with Gasteiger partial charge in [-0.25, -0.2) is 0 Å². The highest BCUT2D eigenvalue weighted by atomic mass is 16.1. The van der Waals surface area contributed by atoms with Gasteiger partial charge in [-0.1, -0.05) is 31.5 Å². The molecule has 1 aromatic rings. The van der Waals surface area contributed by atoms with Crippen molar-refractivity contribution in [1.29, 1.82) is 0 Å². The van der Waals surface area contributed by atoms with E-state index >= 15 is 0 Å². The zero-order chi connectivity index (χ0) is 17.9. The van der Waals surface area contributed by atoms with E-state index in [2.05, 4.69) is 41.7 Å². The van der Waals surface area contributed by atoms with Crippen LogP contribution in [0.2, 0.25) is 0 Å². The second kappa shape index (κ2) is 10.7. The molecule has 0 bridgehead atoms. The Morgan fingerprint density at radius 2 is 1.83 bits per heavy atom. The lowest BCUT2D eigenvalue weighted by Gasteiger charge is -2.18. The molecule has 5 heteroatoms. The zero-order valence-electron chi connectivity index (χ0n) is 15.6. The number of benzene rings is 1. The summed E-state index contributed by atoms with van der Waals surface area (Å²) in [7, 11) is 1.76. The van der Waals surface area contributed by atoms with Crippen LogP contribution in [0.5, 0.6) is 0 Å². The molecule has 0 spiro atoms. The van der Waals surface area contributed by atoms with Crippen molar-refractivity contribution < 1.29 is 4.79 Å². The second-order valence-electron chi connectivity index (χ2n) is 6.64. The van der Waals surface area contributed by atoms with Crippen molar-refractivity contribution in [1.82, 2.24) is 16.0 Å². The van der Waals surface area contributed by atoms with Crippen LogP contribution in [-0.4, -0.2) is 38.0 Å². The lowest BCUT2D eigenvalue weighted by molar-refractivity contribution is 0.0954. The van der Waals surface area contributed by atoms with Crippen LogP contribution < -0.4 is 16.0 Å². The summed E-state index contributed by atoms with van der Waals surface area (Å²) in [6, 6.07) is 7.97. The highest BCUT2D eigenvalue weighted by Gasteiger charge is 2.07. The third-order valence-corrected chi connectivity index (χ3v) is 3.77. The van der Waals surface area contributed by atoms with Crippen LogP contribution in [0.15, 0.2) is 29.3 Å². The number of carbonyl (C=O) groups excluding carboxylic acids is 1. The van der Waals surface area contributed by atoms with Gasteiger partial charge in [0, 0.05) is 31.7 Å². The smallest absolute Gasteiger partial charge is 0.251 e. The molecule has 0 aliphatic rings. The minimum absolute atomic E-state index is 0.0475. The SMILES string of the molecule is CN=C(NCCNC(=O)c1cccc(C)c1)NC(C)CCC(C)C. The van der Waals surface area contributed by atoms with Crippen LogP contribution in [0.3, 0.4) is 0 Å². The fraction of sp³-hybridized carbons (Fsp3) is 0.579. The van der Waals surface area contributed by atoms with Crippen molar-refractivity contribution in [3.63, 3.8) is 0 Å². The molecule has 5 nitrogen and oxygen atoms in total. The number of aliphatic imine (C=N–C) groups is 1. The Kier molecular flexibility index (Phi) is 8.90. The average Bonchev–Trinajstić information content (AvgIpc) is 2.55. The molecule has 134 valence electrons. The van der Waals surface area contributed by atoms with Gasteiger partial charge >= 0.3 is 0 Å². The number of rotatable bonds is 8. The van der Waals surface area contributed by atoms with Gasteiger partial charge in [0.05, 0.1) is 0 Å². The van der Waals surface area contributed by atoms with E-state index in [0.717, 1.165) is 17.9 Å². The first-order valence-electron chi connectivity index (χ1n) is 8.74. The summed E-state index contributed by atoms with van der Waals surface area (Å²) in [5.74, 6) is 1.44. The van der Waals surface area contributed by atoms with Gasteiger partial charge in [-0.3, -0.25) is 9.79 Å². The van der Waals surface area contributed by atoms with Gasteiger partial charge in [-0.2, -0.15) is 0 Å². The Morgan fingerprint density at radius 1 is 1.12 bits per heavy atom. The number of aryl methyl sites for hydroxylation is 1. The lowest BCUT2D eigenvalue weighted by Crippen LogP contribution is -2.44. The fourth-order valence-corrected chi connectivity index (χ4v) is 2.33. The Balaban J connectivity index is 2.28. The van der Waals surface area contributed by atoms with Gasteiger partial charge in [-0.05, 0) is 44.7 Å². The fourth-order valence-electron chi connectivity index (χ4n) is 2.33. The molecule has 24 heavy (non-hydrogen) atoms. The van der Waals surface area contributed by atoms with Gasteiger partial charge in [0.1, 0.15) is 0 Å². The maximum Gasteiger partial charge on any atom is 0.251 e.